The van der Waals surface area contributed by atoms with E-state index in [0.717, 1.165) is 0 Å². The quantitative estimate of drug-likeness (QED) is 0.579. The summed E-state index contributed by atoms with van der Waals surface area (Å²) in [7, 11) is 1.24. The number of carbonyl (C=O) groups excluding carboxylic acids is 2. The maximum Gasteiger partial charge on any atom is 0.357 e. The van der Waals surface area contributed by atoms with Crippen molar-refractivity contribution in [3.05, 3.63) is 83.2 Å². The van der Waals surface area contributed by atoms with Crippen molar-refractivity contribution in [1.29, 1.82) is 5.26 Å². The first-order valence-electron chi connectivity index (χ1n) is 7.76. The van der Waals surface area contributed by atoms with Gasteiger partial charge in [-0.3, -0.25) is 4.79 Å². The number of carbonyl (C=O) groups is 2. The number of hydrogen-bond donors (Lipinski definition) is 1. The van der Waals surface area contributed by atoms with Crippen LogP contribution in [0.4, 0.5) is 5.69 Å². The molecule has 0 bridgehead atoms. The van der Waals surface area contributed by atoms with E-state index in [9.17, 15) is 14.9 Å². The first kappa shape index (κ1) is 17.0. The predicted octanol–water partition coefficient (Wildman–Crippen LogP) is 2.95. The molecule has 0 atom stereocenters. The zero-order chi connectivity index (χ0) is 18.7. The molecule has 0 radical (unpaired) electrons. The third-order valence-electron chi connectivity index (χ3n) is 3.97. The molecule has 1 aromatic heterocycles. The van der Waals surface area contributed by atoms with Crippen LogP contribution in [0.25, 0.3) is 5.69 Å². The van der Waals surface area contributed by atoms with Gasteiger partial charge in [0.1, 0.15) is 6.07 Å². The number of nitrogen functional groups attached to an aromatic ring is 1. The number of benzene rings is 2. The Morgan fingerprint density at radius 2 is 1.77 bits per heavy atom. The summed E-state index contributed by atoms with van der Waals surface area (Å²) in [5.74, 6) is -0.809. The lowest BCUT2D eigenvalue weighted by molar-refractivity contribution is 0.0593. The number of ketones is 1. The van der Waals surface area contributed by atoms with Crippen LogP contribution in [0.1, 0.15) is 32.0 Å². The standard InChI is InChI=1S/C20H15N3O3/c1-26-20(25)18-17(22)15(11-21)12-23(18)16-9-5-8-14(10-16)19(24)13-6-3-2-4-7-13/h2-10,12H,22H2,1H3. The van der Waals surface area contributed by atoms with E-state index in [2.05, 4.69) is 0 Å². The number of hydrogen-bond acceptors (Lipinski definition) is 5. The summed E-state index contributed by atoms with van der Waals surface area (Å²) in [6, 6.07) is 17.6. The Kier molecular flexibility index (Phi) is 4.54. The lowest BCUT2D eigenvalue weighted by Crippen LogP contribution is -2.11. The Balaban J connectivity index is 2.11. The minimum atomic E-state index is -0.663. The summed E-state index contributed by atoms with van der Waals surface area (Å²) in [5.41, 5.74) is 7.69. The molecule has 0 spiro atoms. The molecule has 0 aliphatic heterocycles. The van der Waals surface area contributed by atoms with Crippen LogP contribution < -0.4 is 5.73 Å². The van der Waals surface area contributed by atoms with Crippen LogP contribution in [0.3, 0.4) is 0 Å². The van der Waals surface area contributed by atoms with Gasteiger partial charge in [0.25, 0.3) is 0 Å². The number of methoxy groups -OCH3 is 1. The van der Waals surface area contributed by atoms with Gasteiger partial charge in [-0.15, -0.1) is 0 Å². The van der Waals surface area contributed by atoms with Gasteiger partial charge in [-0.25, -0.2) is 4.79 Å². The number of anilines is 1. The molecule has 2 aromatic carbocycles. The second-order valence-corrected chi connectivity index (χ2v) is 5.52. The predicted molar refractivity (Wildman–Crippen MR) is 96.1 cm³/mol. The van der Waals surface area contributed by atoms with Crippen molar-refractivity contribution < 1.29 is 14.3 Å². The Hall–Kier alpha value is -3.85. The molecule has 0 saturated carbocycles. The molecule has 3 aromatic rings. The van der Waals surface area contributed by atoms with Gasteiger partial charge in [-0.2, -0.15) is 5.26 Å². The molecule has 128 valence electrons. The molecular formula is C20H15N3O3. The maximum absolute atomic E-state index is 12.7. The number of esters is 1. The lowest BCUT2D eigenvalue weighted by Gasteiger charge is -2.10. The molecule has 2 N–H and O–H groups in total. The Bertz CT molecular complexity index is 1030. The van der Waals surface area contributed by atoms with Crippen molar-refractivity contribution in [1.82, 2.24) is 4.57 Å². The van der Waals surface area contributed by atoms with Crippen LogP contribution in [-0.2, 0) is 4.74 Å². The van der Waals surface area contributed by atoms with E-state index in [4.69, 9.17) is 10.5 Å². The first-order chi connectivity index (χ1) is 12.6. The minimum Gasteiger partial charge on any atom is -0.464 e. The fraction of sp³-hybridized carbons (Fsp3) is 0.0500. The average molecular weight is 345 g/mol. The average Bonchev–Trinajstić information content (AvgIpc) is 3.04. The van der Waals surface area contributed by atoms with Gasteiger partial charge in [-0.05, 0) is 12.1 Å². The summed E-state index contributed by atoms with van der Waals surface area (Å²) >= 11 is 0. The first-order valence-corrected chi connectivity index (χ1v) is 7.76. The second-order valence-electron chi connectivity index (χ2n) is 5.52. The van der Waals surface area contributed by atoms with E-state index in [1.165, 1.54) is 17.9 Å². The van der Waals surface area contributed by atoms with Crippen LogP contribution in [0.5, 0.6) is 0 Å². The van der Waals surface area contributed by atoms with E-state index >= 15 is 0 Å². The van der Waals surface area contributed by atoms with E-state index in [1.807, 2.05) is 12.1 Å². The molecular weight excluding hydrogens is 330 g/mol. The van der Waals surface area contributed by atoms with E-state index in [-0.39, 0.29) is 22.7 Å². The Morgan fingerprint density at radius 1 is 1.08 bits per heavy atom. The Morgan fingerprint density at radius 3 is 2.42 bits per heavy atom. The highest BCUT2D eigenvalue weighted by atomic mass is 16.5. The summed E-state index contributed by atoms with van der Waals surface area (Å²) in [6.07, 6.45) is 1.45. The molecule has 26 heavy (non-hydrogen) atoms. The van der Waals surface area contributed by atoms with Gasteiger partial charge < -0.3 is 15.0 Å². The van der Waals surface area contributed by atoms with Gasteiger partial charge in [0, 0.05) is 23.0 Å². The van der Waals surface area contributed by atoms with Gasteiger partial charge in [0.05, 0.1) is 18.4 Å². The molecule has 0 aliphatic rings. The summed E-state index contributed by atoms with van der Waals surface area (Å²) in [4.78, 5) is 24.8. The van der Waals surface area contributed by atoms with Crippen molar-refractivity contribution in [2.75, 3.05) is 12.8 Å². The van der Waals surface area contributed by atoms with Crippen LogP contribution in [0.15, 0.2) is 60.8 Å². The molecule has 0 aliphatic carbocycles. The van der Waals surface area contributed by atoms with Crippen LogP contribution in [0.2, 0.25) is 0 Å². The molecule has 6 nitrogen and oxygen atoms in total. The fourth-order valence-electron chi connectivity index (χ4n) is 2.67. The summed E-state index contributed by atoms with van der Waals surface area (Å²) in [5, 5.41) is 9.20. The highest BCUT2D eigenvalue weighted by Crippen LogP contribution is 2.25. The van der Waals surface area contributed by atoms with Gasteiger partial charge in [0.2, 0.25) is 0 Å². The number of nitrogens with two attached hydrogens (primary N) is 1. The molecule has 0 unspecified atom stereocenters. The van der Waals surface area contributed by atoms with Gasteiger partial charge in [0.15, 0.2) is 11.5 Å². The molecule has 1 heterocycles. The third kappa shape index (κ3) is 2.94. The van der Waals surface area contributed by atoms with Crippen LogP contribution in [-0.4, -0.2) is 23.4 Å². The van der Waals surface area contributed by atoms with E-state index < -0.39 is 5.97 Å². The Labute approximate surface area is 150 Å². The van der Waals surface area contributed by atoms with Crippen molar-refractivity contribution in [3.8, 4) is 11.8 Å². The van der Waals surface area contributed by atoms with E-state index in [1.54, 1.807) is 48.5 Å². The maximum atomic E-state index is 12.7. The smallest absolute Gasteiger partial charge is 0.357 e. The number of aromatic nitrogens is 1. The normalized spacial score (nSPS) is 10.2. The highest BCUT2D eigenvalue weighted by molar-refractivity contribution is 6.09. The monoisotopic (exact) mass is 345 g/mol. The minimum absolute atomic E-state index is 0.0409. The molecule has 0 amide bonds. The molecule has 3 rings (SSSR count). The highest BCUT2D eigenvalue weighted by Gasteiger charge is 2.22. The SMILES string of the molecule is COC(=O)c1c(N)c(C#N)cn1-c1cccc(C(=O)c2ccccc2)c1. The van der Waals surface area contributed by atoms with Gasteiger partial charge in [-0.1, -0.05) is 42.5 Å². The summed E-state index contributed by atoms with van der Waals surface area (Å²) in [6.45, 7) is 0. The number of nitrogens with zero attached hydrogens (tertiary/aromatic N) is 2. The topological polar surface area (TPSA) is 98.1 Å². The molecule has 0 fully saturated rings. The van der Waals surface area contributed by atoms with Crippen molar-refractivity contribution in [2.24, 2.45) is 0 Å². The molecule has 0 saturated heterocycles. The zero-order valence-corrected chi connectivity index (χ0v) is 14.0. The zero-order valence-electron chi connectivity index (χ0n) is 14.0. The summed E-state index contributed by atoms with van der Waals surface area (Å²) < 4.78 is 6.23. The number of nitriles is 1. The number of rotatable bonds is 4. The lowest BCUT2D eigenvalue weighted by atomic mass is 10.0. The van der Waals surface area contributed by atoms with Crippen LogP contribution >= 0.6 is 0 Å². The number of ether oxygens (including phenoxy) is 1. The third-order valence-corrected chi connectivity index (χ3v) is 3.97. The second kappa shape index (κ2) is 6.95. The van der Waals surface area contributed by atoms with Crippen molar-refractivity contribution >= 4 is 17.4 Å². The largest absolute Gasteiger partial charge is 0.464 e. The fourth-order valence-corrected chi connectivity index (χ4v) is 2.67. The van der Waals surface area contributed by atoms with Crippen molar-refractivity contribution in [2.45, 2.75) is 0 Å². The van der Waals surface area contributed by atoms with Gasteiger partial charge >= 0.3 is 5.97 Å². The molecule has 6 heteroatoms. The van der Waals surface area contributed by atoms with Crippen LogP contribution in [0, 0.1) is 11.3 Å². The van der Waals surface area contributed by atoms with Crippen molar-refractivity contribution in [3.63, 3.8) is 0 Å². The van der Waals surface area contributed by atoms with E-state index in [0.29, 0.717) is 16.8 Å².